The number of piperazine rings is 1. The molecular formula is C22H26N2O5. The number of hydrogen-bond acceptors (Lipinski definition) is 6. The molecule has 29 heavy (non-hydrogen) atoms. The molecule has 2 aromatic rings. The summed E-state index contributed by atoms with van der Waals surface area (Å²) in [7, 11) is 3.23. The lowest BCUT2D eigenvalue weighted by molar-refractivity contribution is -0.151. The zero-order valence-electron chi connectivity index (χ0n) is 16.8. The third-order valence-electron chi connectivity index (χ3n) is 4.93. The molecule has 1 heterocycles. The third kappa shape index (κ3) is 5.63. The average molecular weight is 398 g/mol. The number of esters is 1. The highest BCUT2D eigenvalue weighted by atomic mass is 16.5. The second-order valence-corrected chi connectivity index (χ2v) is 6.75. The minimum atomic E-state index is -0.416. The van der Waals surface area contributed by atoms with Crippen LogP contribution in [0.2, 0.25) is 0 Å². The highest BCUT2D eigenvalue weighted by Crippen LogP contribution is 2.20. The monoisotopic (exact) mass is 398 g/mol. The van der Waals surface area contributed by atoms with E-state index in [2.05, 4.69) is 4.90 Å². The lowest BCUT2D eigenvalue weighted by Crippen LogP contribution is -2.49. The number of hydrogen-bond donors (Lipinski definition) is 0. The molecule has 3 rings (SSSR count). The maximum Gasteiger partial charge on any atom is 0.310 e. The van der Waals surface area contributed by atoms with Gasteiger partial charge in [-0.25, -0.2) is 0 Å². The number of benzene rings is 2. The molecule has 0 atom stereocenters. The average Bonchev–Trinajstić information content (AvgIpc) is 2.78. The molecule has 0 bridgehead atoms. The van der Waals surface area contributed by atoms with Gasteiger partial charge in [0.15, 0.2) is 6.61 Å². The summed E-state index contributed by atoms with van der Waals surface area (Å²) in [6.45, 7) is 2.44. The van der Waals surface area contributed by atoms with Gasteiger partial charge in [-0.05, 0) is 42.0 Å². The van der Waals surface area contributed by atoms with E-state index in [4.69, 9.17) is 14.2 Å². The van der Waals surface area contributed by atoms with Crippen molar-refractivity contribution in [1.29, 1.82) is 0 Å². The van der Waals surface area contributed by atoms with Crippen LogP contribution in [-0.4, -0.2) is 63.8 Å². The molecule has 1 amide bonds. The van der Waals surface area contributed by atoms with Crippen molar-refractivity contribution in [2.75, 3.05) is 51.9 Å². The van der Waals surface area contributed by atoms with Crippen molar-refractivity contribution in [2.24, 2.45) is 0 Å². The molecule has 2 aromatic carbocycles. The van der Waals surface area contributed by atoms with Crippen LogP contribution in [-0.2, 0) is 20.7 Å². The van der Waals surface area contributed by atoms with E-state index in [1.807, 2.05) is 24.3 Å². The molecule has 0 saturated carbocycles. The van der Waals surface area contributed by atoms with Crippen LogP contribution in [0.5, 0.6) is 11.5 Å². The molecule has 1 fully saturated rings. The highest BCUT2D eigenvalue weighted by molar-refractivity contribution is 5.81. The largest absolute Gasteiger partial charge is 0.497 e. The van der Waals surface area contributed by atoms with Gasteiger partial charge in [-0.3, -0.25) is 9.59 Å². The molecule has 1 aliphatic rings. The molecule has 1 saturated heterocycles. The molecule has 0 radical (unpaired) electrons. The summed E-state index contributed by atoms with van der Waals surface area (Å²) in [4.78, 5) is 28.3. The van der Waals surface area contributed by atoms with Gasteiger partial charge in [0.05, 0.1) is 20.6 Å². The van der Waals surface area contributed by atoms with Gasteiger partial charge in [0.2, 0.25) is 0 Å². The first kappa shape index (κ1) is 20.5. The van der Waals surface area contributed by atoms with Crippen molar-refractivity contribution >= 4 is 17.6 Å². The number of methoxy groups -OCH3 is 2. The summed E-state index contributed by atoms with van der Waals surface area (Å²) >= 11 is 0. The molecule has 7 nitrogen and oxygen atoms in total. The fourth-order valence-corrected chi connectivity index (χ4v) is 3.20. The lowest BCUT2D eigenvalue weighted by Gasteiger charge is -2.36. The van der Waals surface area contributed by atoms with Crippen LogP contribution in [0.3, 0.4) is 0 Å². The summed E-state index contributed by atoms with van der Waals surface area (Å²) in [5, 5.41) is 0. The first-order chi connectivity index (χ1) is 14.1. The number of nitrogens with zero attached hydrogens (tertiary/aromatic N) is 2. The van der Waals surface area contributed by atoms with Gasteiger partial charge in [-0.1, -0.05) is 12.1 Å². The molecule has 0 unspecified atom stereocenters. The first-order valence-corrected chi connectivity index (χ1v) is 9.54. The Kier molecular flexibility index (Phi) is 6.94. The normalized spacial score (nSPS) is 13.7. The first-order valence-electron chi connectivity index (χ1n) is 9.54. The van der Waals surface area contributed by atoms with E-state index in [0.717, 1.165) is 35.8 Å². The number of carbonyl (C=O) groups excluding carboxylic acids is 2. The van der Waals surface area contributed by atoms with Crippen molar-refractivity contribution in [3.8, 4) is 11.5 Å². The second-order valence-electron chi connectivity index (χ2n) is 6.75. The number of rotatable bonds is 7. The van der Waals surface area contributed by atoms with Gasteiger partial charge in [0.1, 0.15) is 11.5 Å². The van der Waals surface area contributed by atoms with E-state index >= 15 is 0 Å². The SMILES string of the molecule is COc1ccc(CC(=O)OCC(=O)N2CCN(c3ccc(OC)cc3)CC2)cc1. The van der Waals surface area contributed by atoms with Crippen LogP contribution in [0, 0.1) is 0 Å². The van der Waals surface area contributed by atoms with E-state index in [1.165, 1.54) is 0 Å². The van der Waals surface area contributed by atoms with Gasteiger partial charge >= 0.3 is 5.97 Å². The van der Waals surface area contributed by atoms with Crippen LogP contribution in [0.15, 0.2) is 48.5 Å². The standard InChI is InChI=1S/C22H26N2O5/c1-27-19-7-3-17(4-8-19)15-22(26)29-16-21(25)24-13-11-23(12-14-24)18-5-9-20(28-2)10-6-18/h3-10H,11-16H2,1-2H3. The summed E-state index contributed by atoms with van der Waals surface area (Å²) in [6, 6.07) is 15.1. The van der Waals surface area contributed by atoms with E-state index in [9.17, 15) is 9.59 Å². The minimum absolute atomic E-state index is 0.128. The molecular weight excluding hydrogens is 372 g/mol. The number of carbonyl (C=O) groups is 2. The smallest absolute Gasteiger partial charge is 0.310 e. The van der Waals surface area contributed by atoms with Gasteiger partial charge in [-0.15, -0.1) is 0 Å². The summed E-state index contributed by atoms with van der Waals surface area (Å²) in [5.74, 6) is 0.966. The third-order valence-corrected chi connectivity index (χ3v) is 4.93. The maximum atomic E-state index is 12.4. The molecule has 7 heteroatoms. The van der Waals surface area contributed by atoms with Crippen LogP contribution in [0.4, 0.5) is 5.69 Å². The Morgan fingerprint density at radius 3 is 1.93 bits per heavy atom. The van der Waals surface area contributed by atoms with Crippen LogP contribution >= 0.6 is 0 Å². The highest BCUT2D eigenvalue weighted by Gasteiger charge is 2.22. The number of amides is 1. The maximum absolute atomic E-state index is 12.4. The molecule has 0 spiro atoms. The topological polar surface area (TPSA) is 68.3 Å². The minimum Gasteiger partial charge on any atom is -0.497 e. The zero-order valence-corrected chi connectivity index (χ0v) is 16.8. The molecule has 154 valence electrons. The Morgan fingerprint density at radius 2 is 1.38 bits per heavy atom. The summed E-state index contributed by atoms with van der Waals surface area (Å²) in [5.41, 5.74) is 1.92. The molecule has 0 N–H and O–H groups in total. The predicted molar refractivity (Wildman–Crippen MR) is 109 cm³/mol. The van der Waals surface area contributed by atoms with Crippen molar-refractivity contribution in [3.63, 3.8) is 0 Å². The summed E-state index contributed by atoms with van der Waals surface area (Å²) < 4.78 is 15.4. The van der Waals surface area contributed by atoms with Crippen molar-refractivity contribution < 1.29 is 23.8 Å². The van der Waals surface area contributed by atoms with Crippen molar-refractivity contribution in [3.05, 3.63) is 54.1 Å². The van der Waals surface area contributed by atoms with E-state index in [0.29, 0.717) is 13.1 Å². The Hall–Kier alpha value is -3.22. The number of anilines is 1. The van der Waals surface area contributed by atoms with Crippen LogP contribution < -0.4 is 14.4 Å². The Bertz CT molecular complexity index is 812. The molecule has 1 aliphatic heterocycles. The van der Waals surface area contributed by atoms with Gasteiger partial charge in [-0.2, -0.15) is 0 Å². The van der Waals surface area contributed by atoms with E-state index < -0.39 is 5.97 Å². The zero-order chi connectivity index (χ0) is 20.6. The fraction of sp³-hybridized carbons (Fsp3) is 0.364. The second kappa shape index (κ2) is 9.82. The quantitative estimate of drug-likeness (QED) is 0.666. The Morgan fingerprint density at radius 1 is 0.828 bits per heavy atom. The van der Waals surface area contributed by atoms with Gasteiger partial charge in [0, 0.05) is 31.9 Å². The van der Waals surface area contributed by atoms with E-state index in [-0.39, 0.29) is 18.9 Å². The molecule has 0 aliphatic carbocycles. The van der Waals surface area contributed by atoms with Gasteiger partial charge in [0.25, 0.3) is 5.91 Å². The van der Waals surface area contributed by atoms with E-state index in [1.54, 1.807) is 43.4 Å². The van der Waals surface area contributed by atoms with Crippen molar-refractivity contribution in [2.45, 2.75) is 6.42 Å². The number of ether oxygens (including phenoxy) is 3. The molecule has 0 aromatic heterocycles. The van der Waals surface area contributed by atoms with Crippen LogP contribution in [0.1, 0.15) is 5.56 Å². The summed E-state index contributed by atoms with van der Waals surface area (Å²) in [6.07, 6.45) is 0.128. The Labute approximate surface area is 170 Å². The Balaban J connectivity index is 1.41. The fourth-order valence-electron chi connectivity index (χ4n) is 3.20. The predicted octanol–water partition coefficient (Wildman–Crippen LogP) is 2.14. The van der Waals surface area contributed by atoms with Crippen molar-refractivity contribution in [1.82, 2.24) is 4.90 Å². The van der Waals surface area contributed by atoms with Gasteiger partial charge < -0.3 is 24.0 Å². The van der Waals surface area contributed by atoms with Crippen LogP contribution in [0.25, 0.3) is 0 Å². The lowest BCUT2D eigenvalue weighted by atomic mass is 10.1.